The monoisotopic (exact) mass is 316 g/mol. The van der Waals surface area contributed by atoms with Crippen LogP contribution in [-0.2, 0) is 7.05 Å². The Kier molecular flexibility index (Phi) is 3.00. The van der Waals surface area contributed by atoms with Gasteiger partial charge in [-0.2, -0.15) is 9.47 Å². The third-order valence-electron chi connectivity index (χ3n) is 3.35. The van der Waals surface area contributed by atoms with Crippen LogP contribution in [0.4, 0.5) is 5.13 Å². The van der Waals surface area contributed by atoms with E-state index in [1.165, 1.54) is 17.9 Å². The maximum Gasteiger partial charge on any atom is 0.280 e. The number of carbonyl (C=O) groups excluding carboxylic acids is 1. The molecule has 3 aromatic heterocycles. The Morgan fingerprint density at radius 3 is 3.09 bits per heavy atom. The number of hydrogen-bond acceptors (Lipinski definition) is 7. The molecule has 1 fully saturated rings. The van der Waals surface area contributed by atoms with E-state index in [4.69, 9.17) is 4.42 Å². The molecule has 0 spiro atoms. The lowest BCUT2D eigenvalue weighted by Gasteiger charge is -1.99. The summed E-state index contributed by atoms with van der Waals surface area (Å²) >= 11 is 1.18. The Labute approximate surface area is 129 Å². The van der Waals surface area contributed by atoms with Gasteiger partial charge in [-0.3, -0.25) is 14.8 Å². The summed E-state index contributed by atoms with van der Waals surface area (Å²) < 4.78 is 11.2. The lowest BCUT2D eigenvalue weighted by Crippen LogP contribution is -2.13. The Balaban J connectivity index is 1.56. The molecule has 0 atom stereocenters. The van der Waals surface area contributed by atoms with Crippen molar-refractivity contribution in [2.45, 2.75) is 18.8 Å². The SMILES string of the molecule is Cn1cc(-c2ocnc2C(=O)Nc2nc(C3CC3)ns2)cn1. The third kappa shape index (κ3) is 2.39. The second kappa shape index (κ2) is 5.02. The Morgan fingerprint density at radius 2 is 2.36 bits per heavy atom. The summed E-state index contributed by atoms with van der Waals surface area (Å²) in [5.41, 5.74) is 0.900. The van der Waals surface area contributed by atoms with Crippen LogP contribution < -0.4 is 5.32 Å². The van der Waals surface area contributed by atoms with Gasteiger partial charge in [-0.25, -0.2) is 9.97 Å². The predicted molar refractivity (Wildman–Crippen MR) is 78.5 cm³/mol. The van der Waals surface area contributed by atoms with E-state index >= 15 is 0 Å². The molecular formula is C13H12N6O2S. The first-order valence-electron chi connectivity index (χ1n) is 6.78. The second-order valence-corrected chi connectivity index (χ2v) is 5.87. The van der Waals surface area contributed by atoms with Crippen LogP contribution in [-0.4, -0.2) is 30.0 Å². The summed E-state index contributed by atoms with van der Waals surface area (Å²) in [6, 6.07) is 0. The van der Waals surface area contributed by atoms with Gasteiger partial charge in [0.1, 0.15) is 5.82 Å². The van der Waals surface area contributed by atoms with E-state index < -0.39 is 0 Å². The van der Waals surface area contributed by atoms with Gasteiger partial charge in [0.05, 0.1) is 11.8 Å². The molecule has 112 valence electrons. The normalized spacial score (nSPS) is 14.2. The van der Waals surface area contributed by atoms with Gasteiger partial charge in [-0.15, -0.1) is 0 Å². The van der Waals surface area contributed by atoms with Gasteiger partial charge < -0.3 is 4.42 Å². The van der Waals surface area contributed by atoms with Gasteiger partial charge in [0, 0.05) is 30.7 Å². The molecule has 8 nitrogen and oxygen atoms in total. The number of aryl methyl sites for hydroxylation is 1. The van der Waals surface area contributed by atoms with E-state index in [0.717, 1.165) is 18.7 Å². The van der Waals surface area contributed by atoms with Gasteiger partial charge in [0.25, 0.3) is 5.91 Å². The Morgan fingerprint density at radius 1 is 1.50 bits per heavy atom. The minimum atomic E-state index is -0.369. The predicted octanol–water partition coefficient (Wildman–Crippen LogP) is 2.06. The number of aromatic nitrogens is 5. The molecule has 0 bridgehead atoms. The molecule has 1 amide bonds. The number of amides is 1. The minimum absolute atomic E-state index is 0.205. The van der Waals surface area contributed by atoms with Crippen LogP contribution in [0, 0.1) is 0 Å². The molecular weight excluding hydrogens is 304 g/mol. The summed E-state index contributed by atoms with van der Waals surface area (Å²) in [6.07, 6.45) is 6.87. The van der Waals surface area contributed by atoms with E-state index in [9.17, 15) is 4.79 Å². The van der Waals surface area contributed by atoms with Gasteiger partial charge in [-0.1, -0.05) is 0 Å². The van der Waals surface area contributed by atoms with Crippen LogP contribution >= 0.6 is 11.5 Å². The van der Waals surface area contributed by atoms with E-state index in [1.807, 2.05) is 0 Å². The topological polar surface area (TPSA) is 98.7 Å². The molecule has 0 unspecified atom stereocenters. The number of carbonyl (C=O) groups is 1. The summed E-state index contributed by atoms with van der Waals surface area (Å²) in [7, 11) is 1.79. The molecule has 3 aromatic rings. The number of hydrogen-bond donors (Lipinski definition) is 1. The molecule has 3 heterocycles. The zero-order chi connectivity index (χ0) is 15.1. The highest BCUT2D eigenvalue weighted by molar-refractivity contribution is 7.09. The van der Waals surface area contributed by atoms with Crippen molar-refractivity contribution in [2.24, 2.45) is 7.05 Å². The maximum atomic E-state index is 12.3. The zero-order valence-electron chi connectivity index (χ0n) is 11.7. The van der Waals surface area contributed by atoms with Crippen LogP contribution in [0.1, 0.15) is 35.1 Å². The van der Waals surface area contributed by atoms with Crippen LogP contribution in [0.2, 0.25) is 0 Å². The quantitative estimate of drug-likeness (QED) is 0.791. The standard InChI is InChI=1S/C13H12N6O2S/c1-19-5-8(4-15-19)10-9(14-6-21-10)12(20)17-13-16-11(18-22-13)7-2-3-7/h4-7H,2-3H2,1H3,(H,16,17,18,20). The number of rotatable bonds is 4. The largest absolute Gasteiger partial charge is 0.442 e. The van der Waals surface area contributed by atoms with Gasteiger partial charge >= 0.3 is 0 Å². The summed E-state index contributed by atoms with van der Waals surface area (Å²) in [6.45, 7) is 0. The second-order valence-electron chi connectivity index (χ2n) is 5.12. The molecule has 0 saturated heterocycles. The van der Waals surface area contributed by atoms with Crippen molar-refractivity contribution in [1.29, 1.82) is 0 Å². The fourth-order valence-corrected chi connectivity index (χ4v) is 2.74. The van der Waals surface area contributed by atoms with Crippen molar-refractivity contribution < 1.29 is 9.21 Å². The van der Waals surface area contributed by atoms with Crippen molar-refractivity contribution in [1.82, 2.24) is 24.1 Å². The molecule has 1 aliphatic rings. The van der Waals surface area contributed by atoms with Crippen molar-refractivity contribution >= 4 is 22.6 Å². The van der Waals surface area contributed by atoms with Gasteiger partial charge in [0.15, 0.2) is 17.8 Å². The summed E-state index contributed by atoms with van der Waals surface area (Å²) in [4.78, 5) is 20.7. The highest BCUT2D eigenvalue weighted by Gasteiger charge is 2.28. The van der Waals surface area contributed by atoms with E-state index in [-0.39, 0.29) is 11.6 Å². The number of anilines is 1. The molecule has 0 aliphatic heterocycles. The lowest BCUT2D eigenvalue weighted by molar-refractivity contribution is 0.102. The molecule has 0 radical (unpaired) electrons. The average Bonchev–Trinajstić information content (AvgIpc) is 2.92. The van der Waals surface area contributed by atoms with Crippen LogP contribution in [0.25, 0.3) is 11.3 Å². The van der Waals surface area contributed by atoms with Gasteiger partial charge in [-0.05, 0) is 12.8 Å². The van der Waals surface area contributed by atoms with Crippen molar-refractivity contribution in [3.63, 3.8) is 0 Å². The summed E-state index contributed by atoms with van der Waals surface area (Å²) in [5, 5.41) is 7.26. The van der Waals surface area contributed by atoms with Crippen LogP contribution in [0.15, 0.2) is 23.2 Å². The van der Waals surface area contributed by atoms with Crippen molar-refractivity contribution in [2.75, 3.05) is 5.32 Å². The highest BCUT2D eigenvalue weighted by atomic mass is 32.1. The highest BCUT2D eigenvalue weighted by Crippen LogP contribution is 2.39. The molecule has 22 heavy (non-hydrogen) atoms. The van der Waals surface area contributed by atoms with E-state index in [2.05, 4.69) is 24.8 Å². The average molecular weight is 316 g/mol. The first-order valence-corrected chi connectivity index (χ1v) is 7.55. The van der Waals surface area contributed by atoms with E-state index in [1.54, 1.807) is 24.1 Å². The number of nitrogens with one attached hydrogen (secondary N) is 1. The lowest BCUT2D eigenvalue weighted by atomic mass is 10.2. The van der Waals surface area contributed by atoms with Gasteiger partial charge in [0.2, 0.25) is 5.13 Å². The first kappa shape index (κ1) is 13.1. The fraction of sp³-hybridized carbons (Fsp3) is 0.308. The molecule has 9 heteroatoms. The van der Waals surface area contributed by atoms with E-state index in [0.29, 0.717) is 22.4 Å². The minimum Gasteiger partial charge on any atom is -0.442 e. The smallest absolute Gasteiger partial charge is 0.280 e. The molecule has 4 rings (SSSR count). The molecule has 1 N–H and O–H groups in total. The fourth-order valence-electron chi connectivity index (χ4n) is 2.10. The Bertz CT molecular complexity index is 831. The zero-order valence-corrected chi connectivity index (χ0v) is 12.5. The maximum absolute atomic E-state index is 12.3. The third-order valence-corrected chi connectivity index (χ3v) is 4.00. The van der Waals surface area contributed by atoms with Crippen molar-refractivity contribution in [3.05, 3.63) is 30.3 Å². The molecule has 1 saturated carbocycles. The molecule has 1 aliphatic carbocycles. The van der Waals surface area contributed by atoms with Crippen molar-refractivity contribution in [3.8, 4) is 11.3 Å². The Hall–Kier alpha value is -2.55. The molecule has 0 aromatic carbocycles. The number of oxazole rings is 1. The first-order chi connectivity index (χ1) is 10.7. The summed E-state index contributed by atoms with van der Waals surface area (Å²) in [5.74, 6) is 1.29. The van der Waals surface area contributed by atoms with Crippen LogP contribution in [0.5, 0.6) is 0 Å². The van der Waals surface area contributed by atoms with Crippen LogP contribution in [0.3, 0.4) is 0 Å². The number of nitrogens with zero attached hydrogens (tertiary/aromatic N) is 5.